The van der Waals surface area contributed by atoms with Crippen molar-refractivity contribution >= 4 is 29.6 Å². The van der Waals surface area contributed by atoms with E-state index >= 15 is 0 Å². The summed E-state index contributed by atoms with van der Waals surface area (Å²) in [6, 6.07) is 6.92. The number of carbonyl (C=O) groups is 1. The van der Waals surface area contributed by atoms with Crippen LogP contribution in [0.5, 0.6) is 0 Å². The zero-order valence-electron chi connectivity index (χ0n) is 11.0. The van der Waals surface area contributed by atoms with Crippen molar-refractivity contribution in [3.63, 3.8) is 0 Å². The SMILES string of the molecule is Cc1onc(-c2ccc(Cl)cc2)c1[N+]1(C(=O)O)C=CC=N1. The lowest BCUT2D eigenvalue weighted by Gasteiger charge is -2.18. The molecule has 0 saturated heterocycles. The van der Waals surface area contributed by atoms with E-state index in [-0.39, 0.29) is 0 Å². The smallest absolute Gasteiger partial charge is 0.433 e. The fourth-order valence-corrected chi connectivity index (χ4v) is 2.38. The first kappa shape index (κ1) is 13.5. The monoisotopic (exact) mass is 304 g/mol. The maximum atomic E-state index is 11.7. The molecule has 1 unspecified atom stereocenters. The lowest BCUT2D eigenvalue weighted by atomic mass is 10.1. The summed E-state index contributed by atoms with van der Waals surface area (Å²) in [7, 11) is 0. The Morgan fingerprint density at radius 2 is 2.05 bits per heavy atom. The molecule has 7 heteroatoms. The predicted octanol–water partition coefficient (Wildman–Crippen LogP) is 3.80. The topological polar surface area (TPSA) is 75.7 Å². The first-order valence-electron chi connectivity index (χ1n) is 6.13. The molecule has 6 nitrogen and oxygen atoms in total. The third kappa shape index (κ3) is 2.05. The Labute approximate surface area is 125 Å². The minimum absolute atomic E-state index is 0.370. The van der Waals surface area contributed by atoms with Gasteiger partial charge in [-0.25, -0.2) is 0 Å². The Kier molecular flexibility index (Phi) is 3.12. The first-order chi connectivity index (χ1) is 10.0. The summed E-state index contributed by atoms with van der Waals surface area (Å²) in [6.45, 7) is 1.66. The van der Waals surface area contributed by atoms with Crippen LogP contribution in [0.4, 0.5) is 10.5 Å². The molecule has 1 aliphatic rings. The van der Waals surface area contributed by atoms with Gasteiger partial charge in [0.25, 0.3) is 0 Å². The molecule has 2 heterocycles. The molecule has 0 bridgehead atoms. The van der Waals surface area contributed by atoms with Crippen LogP contribution in [0.25, 0.3) is 11.3 Å². The van der Waals surface area contributed by atoms with E-state index in [0.717, 1.165) is 0 Å². The van der Waals surface area contributed by atoms with E-state index in [4.69, 9.17) is 16.1 Å². The second kappa shape index (κ2) is 4.83. The molecule has 3 rings (SSSR count). The van der Waals surface area contributed by atoms with Gasteiger partial charge < -0.3 is 9.63 Å². The first-order valence-corrected chi connectivity index (χ1v) is 6.51. The average Bonchev–Trinajstić information content (AvgIpc) is 3.07. The molecule has 1 atom stereocenters. The van der Waals surface area contributed by atoms with E-state index < -0.39 is 10.7 Å². The van der Waals surface area contributed by atoms with E-state index in [0.29, 0.717) is 27.7 Å². The Morgan fingerprint density at radius 1 is 1.33 bits per heavy atom. The van der Waals surface area contributed by atoms with Crippen molar-refractivity contribution in [1.29, 1.82) is 0 Å². The van der Waals surface area contributed by atoms with Crippen molar-refractivity contribution in [2.24, 2.45) is 5.10 Å². The van der Waals surface area contributed by atoms with Gasteiger partial charge in [0.15, 0.2) is 11.5 Å². The normalized spacial score (nSPS) is 20.1. The lowest BCUT2D eigenvalue weighted by molar-refractivity contribution is 0.165. The number of rotatable bonds is 2. The summed E-state index contributed by atoms with van der Waals surface area (Å²) in [5, 5.41) is 18.2. The second-order valence-electron chi connectivity index (χ2n) is 4.52. The number of carboxylic acid groups (broad SMARTS) is 1. The highest BCUT2D eigenvalue weighted by molar-refractivity contribution is 6.30. The quantitative estimate of drug-likeness (QED) is 0.856. The molecule has 0 fully saturated rings. The van der Waals surface area contributed by atoms with Crippen LogP contribution in [-0.4, -0.2) is 22.6 Å². The van der Waals surface area contributed by atoms with Crippen molar-refractivity contribution in [1.82, 2.24) is 9.75 Å². The van der Waals surface area contributed by atoms with Crippen molar-refractivity contribution < 1.29 is 14.4 Å². The van der Waals surface area contributed by atoms with E-state index in [1.165, 1.54) is 12.4 Å². The Bertz CT molecular complexity index is 750. The van der Waals surface area contributed by atoms with E-state index in [1.54, 1.807) is 37.3 Å². The fourth-order valence-electron chi connectivity index (χ4n) is 2.25. The summed E-state index contributed by atoms with van der Waals surface area (Å²) in [5.74, 6) is 0.394. The van der Waals surface area contributed by atoms with Crippen LogP contribution in [0.3, 0.4) is 0 Å². The molecule has 0 spiro atoms. The molecule has 0 saturated carbocycles. The minimum Gasteiger partial charge on any atom is -0.433 e. The molecule has 1 amide bonds. The molecule has 21 heavy (non-hydrogen) atoms. The van der Waals surface area contributed by atoms with E-state index in [9.17, 15) is 9.90 Å². The number of aromatic nitrogens is 1. The van der Waals surface area contributed by atoms with Crippen molar-refractivity contribution in [3.8, 4) is 11.3 Å². The molecule has 106 valence electrons. The molecule has 1 aromatic heterocycles. The van der Waals surface area contributed by atoms with Crippen LogP contribution in [0.1, 0.15) is 5.76 Å². The molecule has 1 aliphatic heterocycles. The maximum Gasteiger partial charge on any atom is 0.551 e. The number of benzene rings is 1. The van der Waals surface area contributed by atoms with Crippen LogP contribution in [-0.2, 0) is 0 Å². The van der Waals surface area contributed by atoms with Crippen LogP contribution >= 0.6 is 11.6 Å². The number of halogens is 1. The molecular formula is C14H11ClN3O3+. The summed E-state index contributed by atoms with van der Waals surface area (Å²) in [5.41, 5.74) is 1.51. The maximum absolute atomic E-state index is 11.7. The zero-order valence-corrected chi connectivity index (χ0v) is 11.8. The molecule has 1 N–H and O–H groups in total. The standard InChI is InChI=1S/C14H10ClN3O3/c1-9-13(18(14(19)20)8-2-7-16-18)12(17-21-9)10-3-5-11(15)6-4-10/h2-8H,1H3/p+1. The highest BCUT2D eigenvalue weighted by Gasteiger charge is 2.46. The summed E-state index contributed by atoms with van der Waals surface area (Å²) >= 11 is 5.87. The van der Waals surface area contributed by atoms with Crippen molar-refractivity contribution in [2.75, 3.05) is 0 Å². The van der Waals surface area contributed by atoms with E-state index in [1.807, 2.05) is 0 Å². The molecule has 0 radical (unpaired) electrons. The number of allylic oxidation sites excluding steroid dienone is 1. The third-order valence-corrected chi connectivity index (χ3v) is 3.47. The van der Waals surface area contributed by atoms with Crippen LogP contribution in [0.2, 0.25) is 5.02 Å². The number of hydrogen-bond donors (Lipinski definition) is 1. The summed E-state index contributed by atoms with van der Waals surface area (Å²) < 4.78 is 4.48. The largest absolute Gasteiger partial charge is 0.551 e. The van der Waals surface area contributed by atoms with Gasteiger partial charge >= 0.3 is 6.09 Å². The van der Waals surface area contributed by atoms with Gasteiger partial charge in [-0.2, -0.15) is 4.79 Å². The number of hydrogen-bond acceptors (Lipinski definition) is 4. The Hall–Kier alpha value is -2.44. The zero-order chi connectivity index (χ0) is 15.0. The van der Waals surface area contributed by atoms with Gasteiger partial charge in [-0.05, 0) is 16.7 Å². The Balaban J connectivity index is 2.22. The van der Waals surface area contributed by atoms with Crippen LogP contribution in [0, 0.1) is 6.92 Å². The van der Waals surface area contributed by atoms with Crippen molar-refractivity contribution in [2.45, 2.75) is 6.92 Å². The molecule has 2 aromatic rings. The van der Waals surface area contributed by atoms with Gasteiger partial charge in [0.05, 0.1) is 6.21 Å². The van der Waals surface area contributed by atoms with Gasteiger partial charge in [0, 0.05) is 23.6 Å². The minimum atomic E-state index is -1.14. The lowest BCUT2D eigenvalue weighted by Crippen LogP contribution is -2.42. The molecule has 0 aliphatic carbocycles. The van der Waals surface area contributed by atoms with Gasteiger partial charge in [0.2, 0.25) is 5.69 Å². The van der Waals surface area contributed by atoms with Gasteiger partial charge in [-0.1, -0.05) is 34.0 Å². The molecule has 1 aromatic carbocycles. The highest BCUT2D eigenvalue weighted by atomic mass is 35.5. The van der Waals surface area contributed by atoms with Crippen LogP contribution in [0.15, 0.2) is 46.2 Å². The average molecular weight is 305 g/mol. The molecular weight excluding hydrogens is 294 g/mol. The predicted molar refractivity (Wildman–Crippen MR) is 79.1 cm³/mol. The van der Waals surface area contributed by atoms with Gasteiger partial charge in [-0.15, -0.1) is 0 Å². The fraction of sp³-hybridized carbons (Fsp3) is 0.0714. The summed E-state index contributed by atoms with van der Waals surface area (Å²) in [6.07, 6.45) is 3.33. The van der Waals surface area contributed by atoms with E-state index in [2.05, 4.69) is 10.3 Å². The number of nitrogens with zero attached hydrogens (tertiary/aromatic N) is 3. The van der Waals surface area contributed by atoms with Gasteiger partial charge in [-0.3, -0.25) is 0 Å². The number of quaternary nitrogens is 1. The van der Waals surface area contributed by atoms with Crippen molar-refractivity contribution in [3.05, 3.63) is 47.3 Å². The third-order valence-electron chi connectivity index (χ3n) is 3.22. The second-order valence-corrected chi connectivity index (χ2v) is 4.95. The number of amides is 1. The number of aryl methyl sites for hydroxylation is 1. The van der Waals surface area contributed by atoms with Crippen LogP contribution < -0.4 is 4.59 Å². The highest BCUT2D eigenvalue weighted by Crippen LogP contribution is 2.40. The van der Waals surface area contributed by atoms with Gasteiger partial charge in [0.1, 0.15) is 6.20 Å². The summed E-state index contributed by atoms with van der Waals surface area (Å²) in [4.78, 5) is 11.7. The Morgan fingerprint density at radius 3 is 2.62 bits per heavy atom.